The van der Waals surface area contributed by atoms with E-state index < -0.39 is 5.91 Å². The molecule has 0 radical (unpaired) electrons. The lowest BCUT2D eigenvalue weighted by atomic mass is 10.1. The van der Waals surface area contributed by atoms with Crippen LogP contribution in [-0.4, -0.2) is 48.9 Å². The molecule has 7 heteroatoms. The average Bonchev–Trinajstić information content (AvgIpc) is 2.72. The highest BCUT2D eigenvalue weighted by molar-refractivity contribution is 5.92. The number of hydrazine groups is 1. The van der Waals surface area contributed by atoms with Gasteiger partial charge in [-0.15, -0.1) is 0 Å². The van der Waals surface area contributed by atoms with Crippen LogP contribution in [0, 0.1) is 12.7 Å². The number of aryl methyl sites for hydroxylation is 1. The summed E-state index contributed by atoms with van der Waals surface area (Å²) in [5.41, 5.74) is 5.48. The van der Waals surface area contributed by atoms with Gasteiger partial charge in [0.15, 0.2) is 0 Å². The SMILES string of the molecule is Cc1cccc(F)c1/C=C/C(=O)NN(CO)c1cccc(CN2CCOCC2)c1. The Morgan fingerprint density at radius 2 is 2.03 bits per heavy atom. The van der Waals surface area contributed by atoms with Gasteiger partial charge in [-0.1, -0.05) is 24.3 Å². The van der Waals surface area contributed by atoms with Crippen LogP contribution < -0.4 is 10.4 Å². The summed E-state index contributed by atoms with van der Waals surface area (Å²) in [5.74, 6) is -0.843. The Balaban J connectivity index is 1.65. The Labute approximate surface area is 170 Å². The predicted molar refractivity (Wildman–Crippen MR) is 110 cm³/mol. The third-order valence-corrected chi connectivity index (χ3v) is 4.79. The van der Waals surface area contributed by atoms with Gasteiger partial charge in [-0.25, -0.2) is 4.39 Å². The van der Waals surface area contributed by atoms with E-state index in [-0.39, 0.29) is 12.5 Å². The van der Waals surface area contributed by atoms with Crippen LogP contribution in [0.2, 0.25) is 0 Å². The van der Waals surface area contributed by atoms with Crippen molar-refractivity contribution in [3.8, 4) is 0 Å². The van der Waals surface area contributed by atoms with Crippen LogP contribution >= 0.6 is 0 Å². The highest BCUT2D eigenvalue weighted by Crippen LogP contribution is 2.17. The van der Waals surface area contributed by atoms with Gasteiger partial charge in [0.25, 0.3) is 5.91 Å². The number of aliphatic hydroxyl groups excluding tert-OH is 1. The summed E-state index contributed by atoms with van der Waals surface area (Å²) in [6.45, 7) is 5.38. The molecule has 1 aliphatic heterocycles. The Hall–Kier alpha value is -2.74. The number of hydrogen-bond acceptors (Lipinski definition) is 5. The van der Waals surface area contributed by atoms with Crippen LogP contribution in [-0.2, 0) is 16.1 Å². The summed E-state index contributed by atoms with van der Waals surface area (Å²) in [7, 11) is 0. The fraction of sp³-hybridized carbons (Fsp3) is 0.318. The molecule has 29 heavy (non-hydrogen) atoms. The molecule has 0 bridgehead atoms. The van der Waals surface area contributed by atoms with Crippen LogP contribution in [0.15, 0.2) is 48.5 Å². The number of rotatable bonds is 7. The normalized spacial score (nSPS) is 14.9. The summed E-state index contributed by atoms with van der Waals surface area (Å²) in [6.07, 6.45) is 2.69. The van der Waals surface area contributed by atoms with Crippen molar-refractivity contribution in [2.24, 2.45) is 0 Å². The molecule has 0 aliphatic carbocycles. The number of nitrogens with one attached hydrogen (secondary N) is 1. The van der Waals surface area contributed by atoms with E-state index in [0.29, 0.717) is 11.3 Å². The zero-order valence-corrected chi connectivity index (χ0v) is 16.5. The van der Waals surface area contributed by atoms with Gasteiger partial charge in [0, 0.05) is 31.3 Å². The highest BCUT2D eigenvalue weighted by Gasteiger charge is 2.13. The van der Waals surface area contributed by atoms with Crippen molar-refractivity contribution >= 4 is 17.7 Å². The molecule has 2 aromatic rings. The molecule has 2 N–H and O–H groups in total. The van der Waals surface area contributed by atoms with Crippen LogP contribution in [0.25, 0.3) is 6.08 Å². The number of aliphatic hydroxyl groups is 1. The first-order valence-electron chi connectivity index (χ1n) is 9.58. The van der Waals surface area contributed by atoms with Gasteiger partial charge < -0.3 is 9.84 Å². The molecule has 0 aromatic heterocycles. The summed E-state index contributed by atoms with van der Waals surface area (Å²) >= 11 is 0. The van der Waals surface area contributed by atoms with E-state index in [1.54, 1.807) is 19.1 Å². The molecule has 3 rings (SSSR count). The lowest BCUT2D eigenvalue weighted by Crippen LogP contribution is -2.42. The maximum Gasteiger partial charge on any atom is 0.262 e. The van der Waals surface area contributed by atoms with Crippen molar-refractivity contribution in [1.82, 2.24) is 10.3 Å². The molecule has 0 spiro atoms. The molecule has 1 amide bonds. The lowest BCUT2D eigenvalue weighted by Gasteiger charge is -2.27. The molecule has 0 unspecified atom stereocenters. The molecular formula is C22H26FN3O3. The van der Waals surface area contributed by atoms with Crippen molar-refractivity contribution in [2.75, 3.05) is 38.0 Å². The van der Waals surface area contributed by atoms with Gasteiger partial charge in [-0.2, -0.15) is 0 Å². The maximum atomic E-state index is 13.9. The average molecular weight is 399 g/mol. The van der Waals surface area contributed by atoms with Crippen molar-refractivity contribution < 1.29 is 19.0 Å². The predicted octanol–water partition coefficient (Wildman–Crippen LogP) is 2.47. The summed E-state index contributed by atoms with van der Waals surface area (Å²) in [5, 5.41) is 11.1. The van der Waals surface area contributed by atoms with Crippen molar-refractivity contribution in [2.45, 2.75) is 13.5 Å². The largest absolute Gasteiger partial charge is 0.379 e. The molecule has 1 saturated heterocycles. The van der Waals surface area contributed by atoms with Gasteiger partial charge in [-0.3, -0.25) is 20.1 Å². The van der Waals surface area contributed by atoms with Crippen molar-refractivity contribution in [3.63, 3.8) is 0 Å². The smallest absolute Gasteiger partial charge is 0.262 e. The van der Waals surface area contributed by atoms with E-state index in [1.165, 1.54) is 23.2 Å². The van der Waals surface area contributed by atoms with Crippen LogP contribution in [0.3, 0.4) is 0 Å². The topological polar surface area (TPSA) is 65.0 Å². The minimum Gasteiger partial charge on any atom is -0.379 e. The van der Waals surface area contributed by atoms with Crippen molar-refractivity contribution in [1.29, 1.82) is 0 Å². The summed E-state index contributed by atoms with van der Waals surface area (Å²) in [4.78, 5) is 14.6. The molecule has 2 aromatic carbocycles. The Kier molecular flexibility index (Phi) is 7.35. The van der Waals surface area contributed by atoms with Crippen LogP contribution in [0.1, 0.15) is 16.7 Å². The number of morpholine rings is 1. The quantitative estimate of drug-likeness (QED) is 0.425. The zero-order chi connectivity index (χ0) is 20.6. The monoisotopic (exact) mass is 399 g/mol. The van der Waals surface area contributed by atoms with E-state index in [0.717, 1.165) is 44.0 Å². The molecule has 6 nitrogen and oxygen atoms in total. The molecule has 0 saturated carbocycles. The fourth-order valence-corrected chi connectivity index (χ4v) is 3.21. The molecule has 1 heterocycles. The second kappa shape index (κ2) is 10.2. The minimum atomic E-state index is -0.458. The second-order valence-electron chi connectivity index (χ2n) is 6.91. The van der Waals surface area contributed by atoms with E-state index in [9.17, 15) is 14.3 Å². The number of nitrogens with zero attached hydrogens (tertiary/aromatic N) is 2. The number of benzene rings is 2. The van der Waals surface area contributed by atoms with E-state index in [2.05, 4.69) is 10.3 Å². The first-order chi connectivity index (χ1) is 14.1. The third kappa shape index (κ3) is 5.87. The van der Waals surface area contributed by atoms with Gasteiger partial charge in [0.05, 0.1) is 18.9 Å². The minimum absolute atomic E-state index is 0.366. The van der Waals surface area contributed by atoms with E-state index in [1.807, 2.05) is 24.3 Å². The second-order valence-corrected chi connectivity index (χ2v) is 6.91. The number of hydrogen-bond donors (Lipinski definition) is 2. The molecule has 1 aliphatic rings. The first kappa shape index (κ1) is 21.0. The number of ether oxygens (including phenoxy) is 1. The third-order valence-electron chi connectivity index (χ3n) is 4.79. The standard InChI is InChI=1S/C22H26FN3O3/c1-17-4-2-7-21(23)20(17)8-9-22(28)24-26(16-27)19-6-3-5-18(14-19)15-25-10-12-29-13-11-25/h2-9,14,27H,10-13,15-16H2,1H3,(H,24,28)/b9-8+. The molecule has 1 fully saturated rings. The molecule has 0 atom stereocenters. The van der Waals surface area contributed by atoms with Crippen LogP contribution in [0.5, 0.6) is 0 Å². The van der Waals surface area contributed by atoms with E-state index in [4.69, 9.17) is 4.74 Å². The van der Waals surface area contributed by atoms with Gasteiger partial charge in [0.1, 0.15) is 12.5 Å². The van der Waals surface area contributed by atoms with Gasteiger partial charge in [-0.05, 0) is 42.3 Å². The van der Waals surface area contributed by atoms with Gasteiger partial charge in [0.2, 0.25) is 0 Å². The Bertz CT molecular complexity index is 846. The number of carbonyl (C=O) groups is 1. The highest BCUT2D eigenvalue weighted by atomic mass is 19.1. The fourth-order valence-electron chi connectivity index (χ4n) is 3.21. The number of halogens is 1. The summed E-state index contributed by atoms with van der Waals surface area (Å²) < 4.78 is 19.3. The number of carbonyl (C=O) groups excluding carboxylic acids is 1. The Morgan fingerprint density at radius 3 is 2.76 bits per heavy atom. The Morgan fingerprint density at radius 1 is 1.28 bits per heavy atom. The molecular weight excluding hydrogens is 373 g/mol. The van der Waals surface area contributed by atoms with Crippen LogP contribution in [0.4, 0.5) is 10.1 Å². The number of amides is 1. The molecule has 154 valence electrons. The van der Waals surface area contributed by atoms with Gasteiger partial charge >= 0.3 is 0 Å². The summed E-state index contributed by atoms with van der Waals surface area (Å²) in [6, 6.07) is 12.4. The van der Waals surface area contributed by atoms with Crippen molar-refractivity contribution in [3.05, 3.63) is 71.0 Å². The first-order valence-corrected chi connectivity index (χ1v) is 9.58. The zero-order valence-electron chi connectivity index (χ0n) is 16.5. The van der Waals surface area contributed by atoms with E-state index >= 15 is 0 Å². The maximum absolute atomic E-state index is 13.9. The lowest BCUT2D eigenvalue weighted by molar-refractivity contribution is -0.116. The number of anilines is 1.